The molecule has 10 heteroatoms. The molecule has 0 aliphatic carbocycles. The van der Waals surface area contributed by atoms with Gasteiger partial charge in [0.25, 0.3) is 0 Å². The van der Waals surface area contributed by atoms with E-state index in [9.17, 15) is 22.7 Å². The van der Waals surface area contributed by atoms with Crippen molar-refractivity contribution in [2.24, 2.45) is 0 Å². The number of nitrogens with one attached hydrogen (secondary N) is 1. The molecule has 2 aromatic heterocycles. The number of carbonyl (C=O) groups is 1. The number of nitrogens with zero attached hydrogens (tertiary/aromatic N) is 2. The van der Waals surface area contributed by atoms with E-state index in [1.54, 1.807) is 0 Å². The second-order valence-electron chi connectivity index (χ2n) is 5.75. The molecular formula is C16H14FN3O5S. The van der Waals surface area contributed by atoms with Crippen molar-refractivity contribution >= 4 is 26.7 Å². The molecule has 136 valence electrons. The lowest BCUT2D eigenvalue weighted by Crippen LogP contribution is -2.04. The number of aromatic amines is 1. The van der Waals surface area contributed by atoms with Gasteiger partial charge in [-0.3, -0.25) is 0 Å². The standard InChI is InChI=1S/C16H14FN3O5S/c1-8-13(16(21)22)14-10(20-8)3-4-11(15(14)17)25-12-5-9(18-7-19-12)6-26(2,23)24/h3-5,7,20H,6H2,1-2H3,(H,21,22). The number of fused-ring (bicyclic) bond motifs is 1. The molecule has 0 atom stereocenters. The first kappa shape index (κ1) is 17.8. The normalized spacial score (nSPS) is 11.7. The van der Waals surface area contributed by atoms with Gasteiger partial charge in [-0.1, -0.05) is 0 Å². The third-order valence-electron chi connectivity index (χ3n) is 3.59. The summed E-state index contributed by atoms with van der Waals surface area (Å²) in [6.45, 7) is 1.53. The Morgan fingerprint density at radius 3 is 2.73 bits per heavy atom. The maximum absolute atomic E-state index is 14.8. The average molecular weight is 379 g/mol. The maximum Gasteiger partial charge on any atom is 0.338 e. The number of aryl methyl sites for hydroxylation is 1. The van der Waals surface area contributed by atoms with Gasteiger partial charge < -0.3 is 14.8 Å². The van der Waals surface area contributed by atoms with E-state index in [4.69, 9.17) is 4.74 Å². The van der Waals surface area contributed by atoms with Gasteiger partial charge in [-0.2, -0.15) is 0 Å². The summed E-state index contributed by atoms with van der Waals surface area (Å²) in [6.07, 6.45) is 2.17. The molecule has 8 nitrogen and oxygen atoms in total. The lowest BCUT2D eigenvalue weighted by molar-refractivity contribution is 0.0698. The molecule has 3 aromatic rings. The fraction of sp³-hybridized carbons (Fsp3) is 0.188. The molecule has 0 amide bonds. The van der Waals surface area contributed by atoms with Gasteiger partial charge in [0.15, 0.2) is 21.4 Å². The van der Waals surface area contributed by atoms with Crippen molar-refractivity contribution in [1.29, 1.82) is 0 Å². The summed E-state index contributed by atoms with van der Waals surface area (Å²) in [5, 5.41) is 9.20. The zero-order chi connectivity index (χ0) is 19.1. The number of halogens is 1. The highest BCUT2D eigenvalue weighted by Crippen LogP contribution is 2.32. The molecule has 0 aliphatic rings. The number of aromatic carboxylic acids is 1. The van der Waals surface area contributed by atoms with E-state index in [1.807, 2.05) is 0 Å². The molecule has 0 fully saturated rings. The summed E-state index contributed by atoms with van der Waals surface area (Å²) >= 11 is 0. The summed E-state index contributed by atoms with van der Waals surface area (Å²) in [5.74, 6) is -2.72. The van der Waals surface area contributed by atoms with E-state index < -0.39 is 21.6 Å². The van der Waals surface area contributed by atoms with Gasteiger partial charge in [-0.15, -0.1) is 0 Å². The van der Waals surface area contributed by atoms with Crippen molar-refractivity contribution in [2.45, 2.75) is 12.7 Å². The second kappa shape index (κ2) is 6.37. The van der Waals surface area contributed by atoms with Crippen molar-refractivity contribution in [3.05, 3.63) is 47.3 Å². The fourth-order valence-corrected chi connectivity index (χ4v) is 3.29. The number of carboxylic acid groups (broad SMARTS) is 1. The Morgan fingerprint density at radius 2 is 2.08 bits per heavy atom. The van der Waals surface area contributed by atoms with Gasteiger partial charge in [0.2, 0.25) is 5.88 Å². The number of H-pyrrole nitrogens is 1. The van der Waals surface area contributed by atoms with Gasteiger partial charge >= 0.3 is 5.97 Å². The Kier molecular flexibility index (Phi) is 4.36. The van der Waals surface area contributed by atoms with Gasteiger partial charge in [0, 0.05) is 23.5 Å². The second-order valence-corrected chi connectivity index (χ2v) is 7.89. The Hall–Kier alpha value is -3.01. The number of carboxylic acids is 1. The van der Waals surface area contributed by atoms with Crippen LogP contribution in [-0.4, -0.2) is 40.7 Å². The molecule has 26 heavy (non-hydrogen) atoms. The topological polar surface area (TPSA) is 122 Å². The van der Waals surface area contributed by atoms with Gasteiger partial charge in [-0.05, 0) is 19.1 Å². The third kappa shape index (κ3) is 3.49. The van der Waals surface area contributed by atoms with Crippen LogP contribution in [0.25, 0.3) is 10.9 Å². The number of rotatable bonds is 5. The highest BCUT2D eigenvalue weighted by atomic mass is 32.2. The summed E-state index contributed by atoms with van der Waals surface area (Å²) < 4.78 is 42.9. The Labute approximate surface area is 147 Å². The quantitative estimate of drug-likeness (QED) is 0.698. The monoisotopic (exact) mass is 379 g/mol. The van der Waals surface area contributed by atoms with Crippen molar-refractivity contribution in [2.75, 3.05) is 6.26 Å². The minimum Gasteiger partial charge on any atom is -0.478 e. The van der Waals surface area contributed by atoms with Crippen LogP contribution < -0.4 is 4.74 Å². The van der Waals surface area contributed by atoms with Gasteiger partial charge in [0.1, 0.15) is 6.33 Å². The van der Waals surface area contributed by atoms with Crippen molar-refractivity contribution < 1.29 is 27.4 Å². The van der Waals surface area contributed by atoms with Crippen LogP contribution in [0.4, 0.5) is 4.39 Å². The van der Waals surface area contributed by atoms with E-state index in [-0.39, 0.29) is 34.0 Å². The minimum atomic E-state index is -3.31. The van der Waals surface area contributed by atoms with Crippen molar-refractivity contribution in [1.82, 2.24) is 15.0 Å². The number of ether oxygens (including phenoxy) is 1. The Morgan fingerprint density at radius 1 is 1.35 bits per heavy atom. The summed E-state index contributed by atoms with van der Waals surface area (Å²) in [7, 11) is -3.31. The predicted octanol–water partition coefficient (Wildman–Crippen LogP) is 2.44. The molecule has 0 saturated carbocycles. The number of hydrogen-bond donors (Lipinski definition) is 2. The maximum atomic E-state index is 14.8. The van der Waals surface area contributed by atoms with Crippen LogP contribution in [0.3, 0.4) is 0 Å². The van der Waals surface area contributed by atoms with Crippen molar-refractivity contribution in [3.8, 4) is 11.6 Å². The third-order valence-corrected chi connectivity index (χ3v) is 4.41. The van der Waals surface area contributed by atoms with Crippen LogP contribution >= 0.6 is 0 Å². The lowest BCUT2D eigenvalue weighted by Gasteiger charge is -2.08. The number of hydrogen-bond acceptors (Lipinski definition) is 6. The fourth-order valence-electron chi connectivity index (χ4n) is 2.60. The molecule has 3 rings (SSSR count). The lowest BCUT2D eigenvalue weighted by atomic mass is 10.1. The molecule has 0 saturated heterocycles. The first-order valence-corrected chi connectivity index (χ1v) is 9.42. The van der Waals surface area contributed by atoms with E-state index >= 15 is 0 Å². The molecular weight excluding hydrogens is 365 g/mol. The zero-order valence-corrected chi connectivity index (χ0v) is 14.6. The first-order chi connectivity index (χ1) is 12.2. The number of sulfone groups is 1. The summed E-state index contributed by atoms with van der Waals surface area (Å²) in [6, 6.07) is 4.11. The molecule has 0 unspecified atom stereocenters. The predicted molar refractivity (Wildman–Crippen MR) is 90.6 cm³/mol. The summed E-state index contributed by atoms with van der Waals surface area (Å²) in [4.78, 5) is 21.9. The van der Waals surface area contributed by atoms with Crippen LogP contribution in [0.1, 0.15) is 21.7 Å². The van der Waals surface area contributed by atoms with E-state index in [2.05, 4.69) is 15.0 Å². The van der Waals surface area contributed by atoms with E-state index in [1.165, 1.54) is 25.1 Å². The molecule has 0 aliphatic heterocycles. The average Bonchev–Trinajstić information content (AvgIpc) is 2.86. The van der Waals surface area contributed by atoms with Crippen LogP contribution in [0, 0.1) is 12.7 Å². The Bertz CT molecular complexity index is 1120. The molecule has 2 N–H and O–H groups in total. The molecule has 2 heterocycles. The highest BCUT2D eigenvalue weighted by Gasteiger charge is 2.21. The largest absolute Gasteiger partial charge is 0.478 e. The van der Waals surface area contributed by atoms with E-state index in [0.717, 1.165) is 12.6 Å². The summed E-state index contributed by atoms with van der Waals surface area (Å²) in [5.41, 5.74) is 0.664. The number of benzene rings is 1. The SMILES string of the molecule is Cc1[nH]c2ccc(Oc3cc(CS(C)(=O)=O)ncn3)c(F)c2c1C(=O)O. The highest BCUT2D eigenvalue weighted by molar-refractivity contribution is 7.89. The zero-order valence-electron chi connectivity index (χ0n) is 13.8. The van der Waals surface area contributed by atoms with Gasteiger partial charge in [-0.25, -0.2) is 27.6 Å². The van der Waals surface area contributed by atoms with Crippen LogP contribution in [0.15, 0.2) is 24.5 Å². The van der Waals surface area contributed by atoms with E-state index in [0.29, 0.717) is 11.2 Å². The van der Waals surface area contributed by atoms with Crippen molar-refractivity contribution in [3.63, 3.8) is 0 Å². The Balaban J connectivity index is 2.02. The first-order valence-electron chi connectivity index (χ1n) is 7.36. The molecule has 1 aromatic carbocycles. The molecule has 0 spiro atoms. The van der Waals surface area contributed by atoms with Crippen LogP contribution in [-0.2, 0) is 15.6 Å². The molecule has 0 bridgehead atoms. The van der Waals surface area contributed by atoms with Gasteiger partial charge in [0.05, 0.1) is 22.4 Å². The smallest absolute Gasteiger partial charge is 0.338 e. The molecule has 0 radical (unpaired) electrons. The van der Waals surface area contributed by atoms with Crippen LogP contribution in [0.2, 0.25) is 0 Å². The van der Waals surface area contributed by atoms with Crippen LogP contribution in [0.5, 0.6) is 11.6 Å². The number of aromatic nitrogens is 3. The minimum absolute atomic E-state index is 0.0546.